The van der Waals surface area contributed by atoms with Crippen LogP contribution in [-0.2, 0) is 12.5 Å². The number of pyridine rings is 1. The molecule has 1 heterocycles. The van der Waals surface area contributed by atoms with Crippen molar-refractivity contribution in [3.8, 4) is 0 Å². The van der Waals surface area contributed by atoms with Gasteiger partial charge in [0.2, 0.25) is 0 Å². The molecular weight excluding hydrogens is 234 g/mol. The topological polar surface area (TPSA) is 3.88 Å². The van der Waals surface area contributed by atoms with Gasteiger partial charge in [0.15, 0.2) is 11.9 Å². The summed E-state index contributed by atoms with van der Waals surface area (Å²) in [6, 6.07) is 2.47. The van der Waals surface area contributed by atoms with Gasteiger partial charge in [-0.25, -0.2) is 4.57 Å². The molecule has 1 aromatic rings. The highest BCUT2D eigenvalue weighted by molar-refractivity contribution is 6.89. The molecular formula is C16H30NSi+. The molecule has 0 aliphatic heterocycles. The lowest BCUT2D eigenvalue weighted by atomic mass is 9.87. The van der Waals surface area contributed by atoms with Gasteiger partial charge in [-0.15, -0.1) is 0 Å². The molecule has 0 radical (unpaired) electrons. The van der Waals surface area contributed by atoms with Crippen molar-refractivity contribution in [2.75, 3.05) is 0 Å². The molecule has 102 valence electrons. The molecule has 0 N–H and O–H groups in total. The predicted octanol–water partition coefficient (Wildman–Crippen LogP) is 3.48. The van der Waals surface area contributed by atoms with E-state index in [-0.39, 0.29) is 5.41 Å². The zero-order chi connectivity index (χ0) is 14.3. The lowest BCUT2D eigenvalue weighted by Crippen LogP contribution is -2.48. The van der Waals surface area contributed by atoms with Gasteiger partial charge in [-0.2, -0.15) is 0 Å². The van der Waals surface area contributed by atoms with Crippen molar-refractivity contribution >= 4 is 13.3 Å². The van der Waals surface area contributed by atoms with E-state index in [0.29, 0.717) is 5.92 Å². The van der Waals surface area contributed by atoms with Crippen molar-refractivity contribution < 1.29 is 4.57 Å². The van der Waals surface area contributed by atoms with Crippen LogP contribution in [0, 0.1) is 0 Å². The highest BCUT2D eigenvalue weighted by atomic mass is 28.3. The zero-order valence-corrected chi connectivity index (χ0v) is 14.7. The van der Waals surface area contributed by atoms with Crippen LogP contribution >= 0.6 is 0 Å². The van der Waals surface area contributed by atoms with Crippen LogP contribution in [-0.4, -0.2) is 8.07 Å². The first kappa shape index (κ1) is 15.4. The van der Waals surface area contributed by atoms with Gasteiger partial charge in [0.1, 0.15) is 7.05 Å². The van der Waals surface area contributed by atoms with Crippen molar-refractivity contribution in [1.29, 1.82) is 0 Å². The Hall–Kier alpha value is -0.633. The summed E-state index contributed by atoms with van der Waals surface area (Å²) in [5.41, 5.74) is 3.19. The Balaban J connectivity index is 3.58. The third-order valence-corrected chi connectivity index (χ3v) is 5.55. The summed E-state index contributed by atoms with van der Waals surface area (Å²) in [4.78, 5) is 0. The summed E-state index contributed by atoms with van der Waals surface area (Å²) in [7, 11) is 0.878. The predicted molar refractivity (Wildman–Crippen MR) is 83.4 cm³/mol. The van der Waals surface area contributed by atoms with E-state index in [2.05, 4.69) is 78.1 Å². The molecule has 0 aromatic carbocycles. The van der Waals surface area contributed by atoms with Gasteiger partial charge in [0.25, 0.3) is 0 Å². The van der Waals surface area contributed by atoms with Crippen LogP contribution in [0.15, 0.2) is 12.3 Å². The fourth-order valence-electron chi connectivity index (χ4n) is 2.46. The summed E-state index contributed by atoms with van der Waals surface area (Å²) < 4.78 is 2.31. The monoisotopic (exact) mass is 264 g/mol. The fourth-order valence-corrected chi connectivity index (χ4v) is 4.29. The third-order valence-electron chi connectivity index (χ3n) is 3.52. The largest absolute Gasteiger partial charge is 0.205 e. The van der Waals surface area contributed by atoms with E-state index in [1.54, 1.807) is 5.19 Å². The lowest BCUT2D eigenvalue weighted by molar-refractivity contribution is -0.680. The number of nitrogens with zero attached hydrogens (tertiary/aromatic N) is 1. The minimum atomic E-state index is -1.30. The molecule has 0 aliphatic rings. The number of aryl methyl sites for hydroxylation is 1. The first-order valence-corrected chi connectivity index (χ1v) is 10.5. The van der Waals surface area contributed by atoms with Crippen LogP contribution in [0.25, 0.3) is 0 Å². The van der Waals surface area contributed by atoms with E-state index in [0.717, 1.165) is 0 Å². The summed E-state index contributed by atoms with van der Waals surface area (Å²) in [5.74, 6) is 0.583. The Morgan fingerprint density at radius 1 is 1.11 bits per heavy atom. The quantitative estimate of drug-likeness (QED) is 0.569. The van der Waals surface area contributed by atoms with Crippen LogP contribution in [0.4, 0.5) is 0 Å². The molecule has 0 saturated carbocycles. The average molecular weight is 265 g/mol. The molecule has 18 heavy (non-hydrogen) atoms. The number of aromatic nitrogens is 1. The fraction of sp³-hybridized carbons (Fsp3) is 0.688. The lowest BCUT2D eigenvalue weighted by Gasteiger charge is -2.28. The van der Waals surface area contributed by atoms with E-state index in [1.807, 2.05) is 0 Å². The van der Waals surface area contributed by atoms with Gasteiger partial charge >= 0.3 is 0 Å². The normalized spacial score (nSPS) is 13.2. The molecule has 2 heteroatoms. The molecule has 0 aliphatic carbocycles. The highest BCUT2D eigenvalue weighted by Crippen LogP contribution is 2.23. The van der Waals surface area contributed by atoms with Gasteiger partial charge in [0.05, 0.1) is 8.07 Å². The zero-order valence-electron chi connectivity index (χ0n) is 13.7. The molecule has 1 aromatic heterocycles. The summed E-state index contributed by atoms with van der Waals surface area (Å²) in [6.07, 6.45) is 2.36. The van der Waals surface area contributed by atoms with Gasteiger partial charge < -0.3 is 0 Å². The number of rotatable bonds is 2. The Morgan fingerprint density at radius 2 is 1.61 bits per heavy atom. The molecule has 0 bridgehead atoms. The van der Waals surface area contributed by atoms with E-state index >= 15 is 0 Å². The molecule has 0 amide bonds. The third kappa shape index (κ3) is 3.22. The van der Waals surface area contributed by atoms with Crippen molar-refractivity contribution in [2.45, 2.75) is 65.6 Å². The molecule has 1 nitrogen and oxygen atoms in total. The van der Waals surface area contributed by atoms with Gasteiger partial charge in [-0.05, 0) is 10.6 Å². The molecule has 0 saturated heterocycles. The number of hydrogen-bond acceptors (Lipinski definition) is 0. The molecule has 0 atom stereocenters. The minimum absolute atomic E-state index is 0.225. The highest BCUT2D eigenvalue weighted by Gasteiger charge is 2.30. The molecule has 0 fully saturated rings. The Labute approximate surface area is 114 Å². The maximum atomic E-state index is 2.47. The second kappa shape index (κ2) is 4.80. The van der Waals surface area contributed by atoms with Crippen molar-refractivity contribution in [3.05, 3.63) is 23.5 Å². The van der Waals surface area contributed by atoms with E-state index in [1.165, 1.54) is 11.3 Å². The van der Waals surface area contributed by atoms with Crippen LogP contribution in [0.5, 0.6) is 0 Å². The second-order valence-electron chi connectivity index (χ2n) is 7.79. The standard InChI is InChI=1S/C16H30NSi/c1-12(2)14-10-15(18(7,8)9)13(11-17(14)6)16(3,4)5/h10-12H,1-9H3/q+1. The maximum absolute atomic E-state index is 2.47. The van der Waals surface area contributed by atoms with Gasteiger partial charge in [-0.3, -0.25) is 0 Å². The second-order valence-corrected chi connectivity index (χ2v) is 12.8. The van der Waals surface area contributed by atoms with Crippen molar-refractivity contribution in [2.24, 2.45) is 7.05 Å². The Kier molecular flexibility index (Phi) is 4.12. The molecule has 0 spiro atoms. The summed E-state index contributed by atoms with van der Waals surface area (Å²) in [6.45, 7) is 18.9. The number of hydrogen-bond donors (Lipinski definition) is 0. The Bertz CT molecular complexity index is 434. The Morgan fingerprint density at radius 3 is 1.94 bits per heavy atom. The minimum Gasteiger partial charge on any atom is -0.205 e. The van der Waals surface area contributed by atoms with Crippen LogP contribution in [0.1, 0.15) is 51.8 Å². The van der Waals surface area contributed by atoms with Gasteiger partial charge in [0, 0.05) is 17.5 Å². The first-order chi connectivity index (χ1) is 7.94. The van der Waals surface area contributed by atoms with Crippen molar-refractivity contribution in [3.63, 3.8) is 0 Å². The first-order valence-electron chi connectivity index (χ1n) is 6.99. The van der Waals surface area contributed by atoms with Crippen LogP contribution in [0.3, 0.4) is 0 Å². The average Bonchev–Trinajstić information content (AvgIpc) is 2.13. The van der Waals surface area contributed by atoms with Crippen LogP contribution in [0.2, 0.25) is 19.6 Å². The van der Waals surface area contributed by atoms with Crippen LogP contribution < -0.4 is 9.75 Å². The van der Waals surface area contributed by atoms with E-state index in [9.17, 15) is 0 Å². The SMILES string of the molecule is CC(C)c1cc([Si](C)(C)C)c(C(C)(C)C)c[n+]1C. The van der Waals surface area contributed by atoms with E-state index < -0.39 is 8.07 Å². The summed E-state index contributed by atoms with van der Waals surface area (Å²) >= 11 is 0. The van der Waals surface area contributed by atoms with Crippen molar-refractivity contribution in [1.82, 2.24) is 0 Å². The van der Waals surface area contributed by atoms with E-state index in [4.69, 9.17) is 0 Å². The summed E-state index contributed by atoms with van der Waals surface area (Å²) in [5, 5.41) is 1.62. The maximum Gasteiger partial charge on any atom is 0.183 e. The molecule has 0 unspecified atom stereocenters. The van der Waals surface area contributed by atoms with Gasteiger partial charge in [-0.1, -0.05) is 54.3 Å². The smallest absolute Gasteiger partial charge is 0.183 e. The molecule has 1 rings (SSSR count).